The molecule has 1 N–H and O–H groups in total. The molecule has 0 atom stereocenters. The van der Waals surface area contributed by atoms with Gasteiger partial charge in [-0.05, 0) is 89.1 Å². The van der Waals surface area contributed by atoms with Gasteiger partial charge >= 0.3 is 6.09 Å². The maximum absolute atomic E-state index is 12.4. The van der Waals surface area contributed by atoms with Crippen LogP contribution in [0.2, 0.25) is 5.02 Å². The molecule has 0 bridgehead atoms. The number of anilines is 3. The number of rotatable bonds is 8. The second kappa shape index (κ2) is 21.3. The molecule has 12 heteroatoms. The third kappa shape index (κ3) is 11.3. The molecule has 0 radical (unpaired) electrons. The molecule has 3 aliphatic rings. The van der Waals surface area contributed by atoms with E-state index < -0.39 is 11.1 Å². The van der Waals surface area contributed by atoms with Crippen molar-refractivity contribution in [2.75, 3.05) is 67.6 Å². The molecule has 3 heterocycles. The van der Waals surface area contributed by atoms with Crippen LogP contribution in [0.1, 0.15) is 100 Å². The summed E-state index contributed by atoms with van der Waals surface area (Å²) in [5.41, 5.74) is 3.63. The Kier molecular flexibility index (Phi) is 18.3. The summed E-state index contributed by atoms with van der Waals surface area (Å²) in [4.78, 5) is 27.2. The minimum atomic E-state index is -0.560. The van der Waals surface area contributed by atoms with Crippen LogP contribution in [-0.4, -0.2) is 96.2 Å². The molecule has 1 aromatic heterocycles. The Morgan fingerprint density at radius 1 is 1.04 bits per heavy atom. The Balaban J connectivity index is 0.00000148. The number of thiocarbonyl (C=S) groups is 1. The average molecular weight is 756 g/mol. The van der Waals surface area contributed by atoms with Gasteiger partial charge in [-0.25, -0.2) is 9.78 Å². The second-order valence-electron chi connectivity index (χ2n) is 13.6. The van der Waals surface area contributed by atoms with E-state index in [0.717, 1.165) is 83.6 Å². The van der Waals surface area contributed by atoms with E-state index in [4.69, 9.17) is 28.6 Å². The summed E-state index contributed by atoms with van der Waals surface area (Å²) in [5, 5.41) is 18.7. The fraction of sp³-hybridized carbons (Fsp3) is 0.625. The minimum Gasteiger partial charge on any atom is -0.444 e. The number of hydrogen-bond donors (Lipinski definition) is 1. The Morgan fingerprint density at radius 2 is 1.62 bits per heavy atom. The first kappa shape index (κ1) is 44.7. The lowest BCUT2D eigenvalue weighted by molar-refractivity contribution is 0.0130. The third-order valence-electron chi connectivity index (χ3n) is 9.49. The maximum atomic E-state index is 12.4. The molecule has 52 heavy (non-hydrogen) atoms. The van der Waals surface area contributed by atoms with Crippen LogP contribution in [0.5, 0.6) is 0 Å². The number of piperazine rings is 1. The van der Waals surface area contributed by atoms with Gasteiger partial charge in [0.05, 0.1) is 22.4 Å². The van der Waals surface area contributed by atoms with Crippen molar-refractivity contribution in [3.63, 3.8) is 0 Å². The number of aromatic nitrogens is 1. The molecule has 2 saturated heterocycles. The fourth-order valence-electron chi connectivity index (χ4n) is 6.65. The van der Waals surface area contributed by atoms with Gasteiger partial charge in [0.15, 0.2) is 5.69 Å². The number of carbonyl (C=O) groups excluding carboxylic acids is 1. The van der Waals surface area contributed by atoms with E-state index in [-0.39, 0.29) is 16.8 Å². The summed E-state index contributed by atoms with van der Waals surface area (Å²) < 4.78 is 5.54. The average Bonchev–Trinajstić information content (AvgIpc) is 3.15. The van der Waals surface area contributed by atoms with E-state index in [1.165, 1.54) is 5.69 Å². The van der Waals surface area contributed by atoms with Crippen LogP contribution < -0.4 is 14.7 Å². The molecule has 1 aliphatic carbocycles. The first-order valence-electron chi connectivity index (χ1n) is 19.1. The summed E-state index contributed by atoms with van der Waals surface area (Å²) in [6, 6.07) is 12.2. The molecule has 288 valence electrons. The van der Waals surface area contributed by atoms with Crippen molar-refractivity contribution in [3.8, 4) is 6.07 Å². The number of carbonyl (C=O) groups is 1. The number of likely N-dealkylation sites (N-methyl/N-ethyl adjacent to an activating group) is 1. The van der Waals surface area contributed by atoms with E-state index >= 15 is 0 Å². The number of halogens is 1. The van der Waals surface area contributed by atoms with Gasteiger partial charge in [0.1, 0.15) is 23.0 Å². The summed E-state index contributed by atoms with van der Waals surface area (Å²) in [7, 11) is 1.83. The number of amidine groups is 1. The van der Waals surface area contributed by atoms with Gasteiger partial charge in [0, 0.05) is 64.2 Å². The van der Waals surface area contributed by atoms with Crippen LogP contribution in [0, 0.1) is 22.7 Å². The standard InChI is InChI=1S/C34H45ClN8O2S.3C2H6/c1-33(2,3)45-32(44)42-18-16-40(17-19-42)23-25-10-14-41(15-11-25)26-6-8-27(9-7-26)43(24-46)34(12-5-13-34)31(37)39(4)28-20-29(35)30(21-36)38-22-28;3*1-2/h6-9,20,22,24-25,37H,5,10-19,23H2,1-4H3;3*1-2H3. The van der Waals surface area contributed by atoms with Gasteiger partial charge in [-0.15, -0.1) is 0 Å². The van der Waals surface area contributed by atoms with E-state index in [0.29, 0.717) is 17.4 Å². The number of nitriles is 1. The summed E-state index contributed by atoms with van der Waals surface area (Å²) in [5.74, 6) is 1.07. The zero-order valence-corrected chi connectivity index (χ0v) is 34.9. The molecule has 0 spiro atoms. The van der Waals surface area contributed by atoms with E-state index in [9.17, 15) is 15.5 Å². The lowest BCUT2D eigenvalue weighted by Gasteiger charge is -2.51. The SMILES string of the molecule is CC.CC.CC.CN(C(=N)C1(N(C=S)c2ccc(N3CCC(CN4CCN(C(=O)OC(C)(C)C)CC4)CC3)cc2)CCC1)c1cnc(C#N)c(Cl)c1. The monoisotopic (exact) mass is 754 g/mol. The molecule has 1 saturated carbocycles. The highest BCUT2D eigenvalue weighted by molar-refractivity contribution is 7.79. The third-order valence-corrected chi connectivity index (χ3v) is 9.99. The molecule has 1 aromatic carbocycles. The quantitative estimate of drug-likeness (QED) is 0.161. The van der Waals surface area contributed by atoms with Crippen LogP contribution in [0.4, 0.5) is 21.9 Å². The first-order valence-corrected chi connectivity index (χ1v) is 20.0. The number of benzene rings is 1. The number of piperidine rings is 1. The Hall–Kier alpha value is -3.46. The molecule has 0 unspecified atom stereocenters. The van der Waals surface area contributed by atoms with Crippen molar-refractivity contribution >= 4 is 58.3 Å². The highest BCUT2D eigenvalue weighted by Crippen LogP contribution is 2.42. The zero-order chi connectivity index (χ0) is 39.1. The summed E-state index contributed by atoms with van der Waals surface area (Å²) in [6.07, 6.45) is 6.28. The fourth-order valence-corrected chi connectivity index (χ4v) is 7.18. The molecule has 5 rings (SSSR count). The number of ether oxygens (including phenoxy) is 1. The second-order valence-corrected chi connectivity index (χ2v) is 14.2. The zero-order valence-electron chi connectivity index (χ0n) is 33.3. The number of pyridine rings is 1. The van der Waals surface area contributed by atoms with Gasteiger partial charge in [-0.3, -0.25) is 10.3 Å². The largest absolute Gasteiger partial charge is 0.444 e. The van der Waals surface area contributed by atoms with Crippen LogP contribution in [-0.2, 0) is 4.74 Å². The van der Waals surface area contributed by atoms with Gasteiger partial charge in [0.2, 0.25) is 0 Å². The maximum Gasteiger partial charge on any atom is 0.410 e. The number of hydrogen-bond acceptors (Lipinski definition) is 8. The van der Waals surface area contributed by atoms with E-state index in [1.807, 2.05) is 80.3 Å². The van der Waals surface area contributed by atoms with Gasteiger partial charge in [0.25, 0.3) is 0 Å². The normalized spacial score (nSPS) is 16.9. The van der Waals surface area contributed by atoms with E-state index in [2.05, 4.69) is 43.9 Å². The lowest BCUT2D eigenvalue weighted by Crippen LogP contribution is -2.63. The predicted octanol–water partition coefficient (Wildman–Crippen LogP) is 9.25. The minimum absolute atomic E-state index is 0.170. The Labute approximate surface area is 324 Å². The summed E-state index contributed by atoms with van der Waals surface area (Å²) >= 11 is 11.8. The molecule has 2 aromatic rings. The van der Waals surface area contributed by atoms with Crippen LogP contribution >= 0.6 is 23.8 Å². The number of nitrogens with zero attached hydrogens (tertiary/aromatic N) is 7. The molecular weight excluding hydrogens is 692 g/mol. The van der Waals surface area contributed by atoms with Crippen LogP contribution in [0.15, 0.2) is 36.5 Å². The molecule has 1 amide bonds. The van der Waals surface area contributed by atoms with Crippen LogP contribution in [0.3, 0.4) is 0 Å². The predicted molar refractivity (Wildman–Crippen MR) is 222 cm³/mol. The van der Waals surface area contributed by atoms with Gasteiger partial charge < -0.3 is 24.3 Å². The lowest BCUT2D eigenvalue weighted by atomic mass is 9.73. The molecule has 2 aliphatic heterocycles. The number of nitrogens with one attached hydrogen (secondary N) is 1. The van der Waals surface area contributed by atoms with Gasteiger partial charge in [-0.1, -0.05) is 65.4 Å². The Morgan fingerprint density at radius 3 is 2.08 bits per heavy atom. The summed E-state index contributed by atoms with van der Waals surface area (Å²) in [6.45, 7) is 24.0. The first-order chi connectivity index (χ1) is 24.9. The molecular formula is C40H63ClN8O2S. The van der Waals surface area contributed by atoms with Crippen molar-refractivity contribution in [1.29, 1.82) is 10.7 Å². The topological polar surface area (TPSA) is 103 Å². The Bertz CT molecular complexity index is 1460. The van der Waals surface area contributed by atoms with Crippen molar-refractivity contribution in [3.05, 3.63) is 47.2 Å². The highest BCUT2D eigenvalue weighted by atomic mass is 35.5. The van der Waals surface area contributed by atoms with Crippen molar-refractivity contribution in [2.45, 2.75) is 106 Å². The van der Waals surface area contributed by atoms with E-state index in [1.54, 1.807) is 22.7 Å². The van der Waals surface area contributed by atoms with Crippen molar-refractivity contribution in [2.24, 2.45) is 5.92 Å². The highest BCUT2D eigenvalue weighted by Gasteiger charge is 2.48. The molecule has 10 nitrogen and oxygen atoms in total. The van der Waals surface area contributed by atoms with Crippen molar-refractivity contribution in [1.82, 2.24) is 14.8 Å². The number of amides is 1. The molecule has 3 fully saturated rings. The van der Waals surface area contributed by atoms with Gasteiger partial charge in [-0.2, -0.15) is 5.26 Å². The van der Waals surface area contributed by atoms with Crippen LogP contribution in [0.25, 0.3) is 0 Å². The van der Waals surface area contributed by atoms with Crippen molar-refractivity contribution < 1.29 is 9.53 Å². The smallest absolute Gasteiger partial charge is 0.410 e.